The predicted octanol–water partition coefficient (Wildman–Crippen LogP) is 6.72. The lowest BCUT2D eigenvalue weighted by atomic mass is 9.70. The monoisotopic (exact) mass is 465 g/mol. The fraction of sp³-hybridized carbons (Fsp3) is 0.345. The number of carbonyl (C=O) groups is 1. The highest BCUT2D eigenvalue weighted by Crippen LogP contribution is 2.39. The van der Waals surface area contributed by atoms with E-state index in [-0.39, 0.29) is 18.2 Å². The molecule has 1 atom stereocenters. The summed E-state index contributed by atoms with van der Waals surface area (Å²) < 4.78 is 6.04. The maximum atomic E-state index is 13.2. The van der Waals surface area contributed by atoms with Crippen molar-refractivity contribution in [2.75, 3.05) is 26.2 Å². The van der Waals surface area contributed by atoms with Gasteiger partial charge in [-0.25, -0.2) is 0 Å². The van der Waals surface area contributed by atoms with E-state index >= 15 is 0 Å². The molecule has 1 unspecified atom stereocenters. The van der Waals surface area contributed by atoms with Gasteiger partial charge in [0.1, 0.15) is 12.4 Å². The standard InChI is InChI=1S/C29H35NO2.ClH/c1-5-30(6-2)19-20-32-26-17-18-27(23(3)21-26)29(4,25-15-11-8-12-16-25)22-28(31)24-13-9-7-10-14-24;/h7-18,21H,5-6,19-20,22H2,1-4H3;1H. The Morgan fingerprint density at radius 2 is 1.52 bits per heavy atom. The molecular formula is C29H36ClNO2. The Labute approximate surface area is 205 Å². The summed E-state index contributed by atoms with van der Waals surface area (Å²) in [5.41, 5.74) is 3.76. The molecule has 0 heterocycles. The van der Waals surface area contributed by atoms with E-state index in [1.165, 1.54) is 0 Å². The van der Waals surface area contributed by atoms with E-state index in [1.54, 1.807) is 0 Å². The van der Waals surface area contributed by atoms with Crippen LogP contribution in [-0.4, -0.2) is 36.9 Å². The molecule has 0 fully saturated rings. The molecule has 33 heavy (non-hydrogen) atoms. The third-order valence-electron chi connectivity index (χ3n) is 6.38. The van der Waals surface area contributed by atoms with Crippen LogP contribution in [0.25, 0.3) is 0 Å². The zero-order valence-corrected chi connectivity index (χ0v) is 21.0. The second-order valence-electron chi connectivity index (χ2n) is 8.52. The van der Waals surface area contributed by atoms with Crippen molar-refractivity contribution >= 4 is 18.2 Å². The van der Waals surface area contributed by atoms with E-state index in [0.717, 1.165) is 47.6 Å². The highest BCUT2D eigenvalue weighted by atomic mass is 35.5. The molecule has 4 heteroatoms. The van der Waals surface area contributed by atoms with Crippen molar-refractivity contribution in [3.8, 4) is 5.75 Å². The lowest BCUT2D eigenvalue weighted by Crippen LogP contribution is -2.29. The van der Waals surface area contributed by atoms with Gasteiger partial charge in [0.05, 0.1) is 0 Å². The van der Waals surface area contributed by atoms with Crippen molar-refractivity contribution < 1.29 is 9.53 Å². The first-order valence-corrected chi connectivity index (χ1v) is 11.6. The minimum absolute atomic E-state index is 0. The quantitative estimate of drug-likeness (QED) is 0.294. The Hall–Kier alpha value is -2.62. The van der Waals surface area contributed by atoms with E-state index < -0.39 is 5.41 Å². The number of carbonyl (C=O) groups excluding carboxylic acids is 1. The van der Waals surface area contributed by atoms with Crippen molar-refractivity contribution in [1.82, 2.24) is 4.90 Å². The van der Waals surface area contributed by atoms with Crippen molar-refractivity contribution in [3.05, 3.63) is 101 Å². The zero-order chi connectivity index (χ0) is 23.0. The second-order valence-corrected chi connectivity index (χ2v) is 8.52. The summed E-state index contributed by atoms with van der Waals surface area (Å²) >= 11 is 0. The molecule has 3 aromatic carbocycles. The fourth-order valence-corrected chi connectivity index (χ4v) is 4.38. The molecule has 0 saturated carbocycles. The van der Waals surface area contributed by atoms with Crippen molar-refractivity contribution in [3.63, 3.8) is 0 Å². The number of halogens is 1. The van der Waals surface area contributed by atoms with Crippen LogP contribution in [0, 0.1) is 6.92 Å². The number of ketones is 1. The second kappa shape index (κ2) is 12.6. The molecule has 0 bridgehead atoms. The molecule has 0 N–H and O–H groups in total. The van der Waals surface area contributed by atoms with Gasteiger partial charge >= 0.3 is 0 Å². The number of ether oxygens (including phenoxy) is 1. The molecular weight excluding hydrogens is 430 g/mol. The number of rotatable bonds is 11. The number of benzene rings is 3. The van der Waals surface area contributed by atoms with Gasteiger partial charge in [-0.3, -0.25) is 4.79 Å². The molecule has 0 radical (unpaired) electrons. The van der Waals surface area contributed by atoms with E-state index in [0.29, 0.717) is 13.0 Å². The van der Waals surface area contributed by atoms with E-state index in [1.807, 2.05) is 54.6 Å². The molecule has 0 aromatic heterocycles. The Bertz CT molecular complexity index is 1000. The minimum atomic E-state index is -0.433. The van der Waals surface area contributed by atoms with Crippen LogP contribution in [0.4, 0.5) is 0 Å². The predicted molar refractivity (Wildman–Crippen MR) is 140 cm³/mol. The van der Waals surface area contributed by atoms with Crippen LogP contribution in [0.15, 0.2) is 78.9 Å². The summed E-state index contributed by atoms with van der Waals surface area (Å²) in [6.07, 6.45) is 0.407. The Morgan fingerprint density at radius 3 is 2.09 bits per heavy atom. The van der Waals surface area contributed by atoms with Crippen LogP contribution in [-0.2, 0) is 5.41 Å². The lowest BCUT2D eigenvalue weighted by molar-refractivity contribution is 0.0962. The highest BCUT2D eigenvalue weighted by molar-refractivity contribution is 5.97. The van der Waals surface area contributed by atoms with Gasteiger partial charge in [-0.1, -0.05) is 87.5 Å². The molecule has 3 aromatic rings. The van der Waals surface area contributed by atoms with Crippen molar-refractivity contribution in [2.24, 2.45) is 0 Å². The summed E-state index contributed by atoms with van der Waals surface area (Å²) in [7, 11) is 0. The van der Waals surface area contributed by atoms with E-state index in [2.05, 4.69) is 56.9 Å². The van der Waals surface area contributed by atoms with Gasteiger partial charge in [-0.05, 0) is 48.8 Å². The molecule has 3 rings (SSSR count). The minimum Gasteiger partial charge on any atom is -0.492 e. The van der Waals surface area contributed by atoms with Crippen LogP contribution in [0.5, 0.6) is 5.75 Å². The number of hydrogen-bond donors (Lipinski definition) is 0. The number of aryl methyl sites for hydroxylation is 1. The average molecular weight is 466 g/mol. The van der Waals surface area contributed by atoms with Crippen LogP contribution in [0.1, 0.15) is 54.2 Å². The molecule has 3 nitrogen and oxygen atoms in total. The summed E-state index contributed by atoms with van der Waals surface area (Å²) in [5.74, 6) is 1.03. The lowest BCUT2D eigenvalue weighted by Gasteiger charge is -2.32. The third-order valence-corrected chi connectivity index (χ3v) is 6.38. The molecule has 0 aliphatic rings. The Morgan fingerprint density at radius 1 is 0.909 bits per heavy atom. The number of Topliss-reactive ketones (excluding diaryl/α,β-unsaturated/α-hetero) is 1. The van der Waals surface area contributed by atoms with Gasteiger partial charge in [0, 0.05) is 23.9 Å². The molecule has 0 spiro atoms. The van der Waals surface area contributed by atoms with Gasteiger partial charge in [-0.2, -0.15) is 0 Å². The average Bonchev–Trinajstić information content (AvgIpc) is 2.83. The number of nitrogens with zero attached hydrogens (tertiary/aromatic N) is 1. The molecule has 0 amide bonds. The third kappa shape index (κ3) is 6.69. The zero-order valence-electron chi connectivity index (χ0n) is 20.2. The molecule has 176 valence electrons. The summed E-state index contributed by atoms with van der Waals surface area (Å²) in [4.78, 5) is 15.6. The Balaban J connectivity index is 0.00000385. The van der Waals surface area contributed by atoms with Gasteiger partial charge in [0.25, 0.3) is 0 Å². The summed E-state index contributed by atoms with van der Waals surface area (Å²) in [5, 5.41) is 0. The first-order valence-electron chi connectivity index (χ1n) is 11.6. The Kier molecular flexibility index (Phi) is 10.1. The topological polar surface area (TPSA) is 29.5 Å². The molecule has 0 aliphatic carbocycles. The fourth-order valence-electron chi connectivity index (χ4n) is 4.38. The van der Waals surface area contributed by atoms with Gasteiger partial charge < -0.3 is 9.64 Å². The summed E-state index contributed by atoms with van der Waals surface area (Å²) in [6, 6.07) is 26.2. The van der Waals surface area contributed by atoms with E-state index in [4.69, 9.17) is 4.74 Å². The van der Waals surface area contributed by atoms with Crippen LogP contribution >= 0.6 is 12.4 Å². The largest absolute Gasteiger partial charge is 0.492 e. The highest BCUT2D eigenvalue weighted by Gasteiger charge is 2.33. The van der Waals surface area contributed by atoms with Crippen molar-refractivity contribution in [1.29, 1.82) is 0 Å². The van der Waals surface area contributed by atoms with Crippen LogP contribution < -0.4 is 4.74 Å². The summed E-state index contributed by atoms with van der Waals surface area (Å²) in [6.45, 7) is 12.3. The number of hydrogen-bond acceptors (Lipinski definition) is 3. The maximum absolute atomic E-state index is 13.2. The molecule has 0 saturated heterocycles. The van der Waals surface area contributed by atoms with E-state index in [9.17, 15) is 4.79 Å². The maximum Gasteiger partial charge on any atom is 0.164 e. The van der Waals surface area contributed by atoms with Gasteiger partial charge in [-0.15, -0.1) is 12.4 Å². The normalized spacial score (nSPS) is 12.6. The van der Waals surface area contributed by atoms with Crippen molar-refractivity contribution in [2.45, 2.75) is 39.5 Å². The molecule has 0 aliphatic heterocycles. The van der Waals surface area contributed by atoms with Crippen LogP contribution in [0.2, 0.25) is 0 Å². The smallest absolute Gasteiger partial charge is 0.164 e. The first kappa shape index (κ1) is 26.6. The van der Waals surface area contributed by atoms with Crippen LogP contribution in [0.3, 0.4) is 0 Å². The van der Waals surface area contributed by atoms with Gasteiger partial charge in [0.15, 0.2) is 5.78 Å². The number of likely N-dealkylation sites (N-methyl/N-ethyl adjacent to an activating group) is 1. The van der Waals surface area contributed by atoms with Gasteiger partial charge in [0.2, 0.25) is 0 Å². The SMILES string of the molecule is CCN(CC)CCOc1ccc(C(C)(CC(=O)c2ccccc2)c2ccccc2)c(C)c1.Cl. The first-order chi connectivity index (χ1) is 15.5.